The Labute approximate surface area is 191 Å². The molecule has 1 fully saturated rings. The molecular weight excluding hydrogens is 461 g/mol. The van der Waals surface area contributed by atoms with Crippen molar-refractivity contribution in [2.75, 3.05) is 5.32 Å². The number of benzene rings is 1. The van der Waals surface area contributed by atoms with E-state index in [0.29, 0.717) is 10.9 Å². The molecule has 4 rings (SSSR count). The van der Waals surface area contributed by atoms with Gasteiger partial charge in [0.1, 0.15) is 11.9 Å². The topological polar surface area (TPSA) is 116 Å². The maximum atomic E-state index is 12.9. The lowest BCUT2D eigenvalue weighted by molar-refractivity contribution is -0.274. The molecule has 2 aliphatic rings. The summed E-state index contributed by atoms with van der Waals surface area (Å²) < 4.78 is 40.8. The molecule has 2 heterocycles. The standard InChI is InChI=1S/C21H21F3N4O4S/c22-21(23,24)32-13-5-3-12(4-6-13)27-20-28-16-17(30)15(29)8-14(18(16)33-20)19(31)26-10-11-2-1-7-25-9-11/h1-7,9,14-18,29-30H,8,10H2,(H,26,31)(H,27,28)/t14-,15+,16-,17-,18+/m0/s1. The van der Waals surface area contributed by atoms with Gasteiger partial charge in [-0.1, -0.05) is 17.8 Å². The molecule has 0 saturated heterocycles. The molecule has 1 amide bonds. The molecule has 12 heteroatoms. The lowest BCUT2D eigenvalue weighted by Gasteiger charge is -2.37. The van der Waals surface area contributed by atoms with E-state index in [2.05, 4.69) is 25.3 Å². The number of thioether (sulfide) groups is 1. The van der Waals surface area contributed by atoms with Gasteiger partial charge in [-0.3, -0.25) is 14.8 Å². The van der Waals surface area contributed by atoms with Crippen molar-refractivity contribution in [1.82, 2.24) is 10.3 Å². The van der Waals surface area contributed by atoms with Gasteiger partial charge in [0.2, 0.25) is 5.91 Å². The first kappa shape index (κ1) is 23.3. The summed E-state index contributed by atoms with van der Waals surface area (Å²) in [6.45, 7) is 0.280. The van der Waals surface area contributed by atoms with Crippen molar-refractivity contribution in [3.63, 3.8) is 0 Å². The molecule has 176 valence electrons. The zero-order valence-corrected chi connectivity index (χ0v) is 17.9. The fourth-order valence-corrected chi connectivity index (χ4v) is 5.17. The third-order valence-corrected chi connectivity index (χ3v) is 6.66. The predicted molar refractivity (Wildman–Crippen MR) is 116 cm³/mol. The van der Waals surface area contributed by atoms with E-state index in [1.54, 1.807) is 18.5 Å². The van der Waals surface area contributed by atoms with Gasteiger partial charge in [-0.15, -0.1) is 13.2 Å². The SMILES string of the molecule is O=C(NCc1cccnc1)[C@H]1C[C@@H](O)[C@H](O)[C@@H]2N=C(Nc3ccc(OC(F)(F)F)cc3)S[C@@H]21. The molecule has 0 bridgehead atoms. The van der Waals surface area contributed by atoms with E-state index >= 15 is 0 Å². The number of amidine groups is 1. The Morgan fingerprint density at radius 1 is 1.21 bits per heavy atom. The van der Waals surface area contributed by atoms with Crippen molar-refractivity contribution < 1.29 is 32.9 Å². The largest absolute Gasteiger partial charge is 0.573 e. The number of hydrogen-bond acceptors (Lipinski definition) is 8. The number of aliphatic hydroxyl groups excluding tert-OH is 2. The van der Waals surface area contributed by atoms with Crippen LogP contribution in [0.5, 0.6) is 5.75 Å². The molecule has 0 radical (unpaired) electrons. The average Bonchev–Trinajstić information content (AvgIpc) is 3.19. The molecule has 4 N–H and O–H groups in total. The lowest BCUT2D eigenvalue weighted by atomic mass is 9.81. The number of nitrogens with one attached hydrogen (secondary N) is 2. The number of hydrogen-bond donors (Lipinski definition) is 4. The molecule has 2 aromatic rings. The van der Waals surface area contributed by atoms with Crippen molar-refractivity contribution in [3.05, 3.63) is 54.4 Å². The van der Waals surface area contributed by atoms with E-state index in [1.807, 2.05) is 6.07 Å². The Morgan fingerprint density at radius 3 is 2.64 bits per heavy atom. The van der Waals surface area contributed by atoms with Crippen molar-refractivity contribution >= 4 is 28.5 Å². The zero-order valence-electron chi connectivity index (χ0n) is 17.1. The molecule has 1 saturated carbocycles. The van der Waals surface area contributed by atoms with Gasteiger partial charge >= 0.3 is 6.36 Å². The third-order valence-electron chi connectivity index (χ3n) is 5.35. The van der Waals surface area contributed by atoms with Crippen molar-refractivity contribution in [1.29, 1.82) is 0 Å². The maximum absolute atomic E-state index is 12.9. The van der Waals surface area contributed by atoms with Crippen LogP contribution in [0, 0.1) is 5.92 Å². The van der Waals surface area contributed by atoms with Crippen LogP contribution in [-0.2, 0) is 11.3 Å². The number of alkyl halides is 3. The molecule has 0 spiro atoms. The van der Waals surface area contributed by atoms with Crippen LogP contribution in [0.2, 0.25) is 0 Å². The minimum Gasteiger partial charge on any atom is -0.406 e. The smallest absolute Gasteiger partial charge is 0.406 e. The van der Waals surface area contributed by atoms with Gasteiger partial charge in [0, 0.05) is 29.9 Å². The van der Waals surface area contributed by atoms with Crippen molar-refractivity contribution in [2.24, 2.45) is 10.9 Å². The summed E-state index contributed by atoms with van der Waals surface area (Å²) in [6, 6.07) is 8.01. The molecule has 8 nitrogen and oxygen atoms in total. The van der Waals surface area contributed by atoms with Gasteiger partial charge in [0.25, 0.3) is 0 Å². The Kier molecular flexibility index (Phi) is 6.77. The summed E-state index contributed by atoms with van der Waals surface area (Å²) in [6.07, 6.45) is -3.66. The van der Waals surface area contributed by atoms with Gasteiger partial charge in [-0.2, -0.15) is 0 Å². The molecule has 33 heavy (non-hydrogen) atoms. The Balaban J connectivity index is 1.41. The van der Waals surface area contributed by atoms with E-state index in [-0.39, 0.29) is 24.6 Å². The van der Waals surface area contributed by atoms with Crippen molar-refractivity contribution in [3.8, 4) is 5.75 Å². The Hall–Kier alpha value is -2.83. The Bertz CT molecular complexity index is 1010. The number of anilines is 1. The number of ether oxygens (including phenoxy) is 1. The van der Waals surface area contributed by atoms with E-state index in [0.717, 1.165) is 17.7 Å². The highest BCUT2D eigenvalue weighted by Gasteiger charge is 2.50. The number of carbonyl (C=O) groups excluding carboxylic acids is 1. The molecule has 1 aromatic carbocycles. The number of nitrogens with zero attached hydrogens (tertiary/aromatic N) is 2. The lowest BCUT2D eigenvalue weighted by Crippen LogP contribution is -2.53. The van der Waals surface area contributed by atoms with Gasteiger partial charge in [-0.25, -0.2) is 0 Å². The fourth-order valence-electron chi connectivity index (χ4n) is 3.79. The first-order valence-electron chi connectivity index (χ1n) is 10.1. The molecule has 1 aliphatic heterocycles. The fraction of sp³-hybridized carbons (Fsp3) is 0.381. The van der Waals surface area contributed by atoms with Crippen LogP contribution in [0.15, 0.2) is 53.8 Å². The van der Waals surface area contributed by atoms with Crippen LogP contribution >= 0.6 is 11.8 Å². The van der Waals surface area contributed by atoms with Crippen LogP contribution in [-0.4, -0.2) is 56.1 Å². The van der Waals surface area contributed by atoms with E-state index in [1.165, 1.54) is 23.9 Å². The first-order valence-corrected chi connectivity index (χ1v) is 11.0. The van der Waals surface area contributed by atoms with Crippen LogP contribution in [0.1, 0.15) is 12.0 Å². The van der Waals surface area contributed by atoms with E-state index < -0.39 is 35.8 Å². The van der Waals surface area contributed by atoms with Crippen molar-refractivity contribution in [2.45, 2.75) is 42.8 Å². The Morgan fingerprint density at radius 2 is 1.97 bits per heavy atom. The maximum Gasteiger partial charge on any atom is 0.573 e. The minimum absolute atomic E-state index is 0.0838. The minimum atomic E-state index is -4.78. The number of rotatable bonds is 5. The highest BCUT2D eigenvalue weighted by molar-refractivity contribution is 8.15. The molecular formula is C21H21F3N4O4S. The summed E-state index contributed by atoms with van der Waals surface area (Å²) in [4.78, 5) is 21.3. The predicted octanol–water partition coefficient (Wildman–Crippen LogP) is 2.29. The van der Waals surface area contributed by atoms with Crippen LogP contribution in [0.4, 0.5) is 18.9 Å². The van der Waals surface area contributed by atoms with Gasteiger partial charge < -0.3 is 25.6 Å². The summed E-state index contributed by atoms with van der Waals surface area (Å²) in [5, 5.41) is 26.5. The molecule has 1 aliphatic carbocycles. The zero-order chi connectivity index (χ0) is 23.6. The number of amides is 1. The number of halogens is 3. The van der Waals surface area contributed by atoms with Gasteiger partial charge in [-0.05, 0) is 42.3 Å². The normalized spacial score (nSPS) is 26.8. The summed E-state index contributed by atoms with van der Waals surface area (Å²) >= 11 is 1.25. The highest BCUT2D eigenvalue weighted by atomic mass is 32.2. The molecule has 0 unspecified atom stereocenters. The second-order valence-electron chi connectivity index (χ2n) is 7.68. The summed E-state index contributed by atoms with van der Waals surface area (Å²) in [5.74, 6) is -1.22. The summed E-state index contributed by atoms with van der Waals surface area (Å²) in [7, 11) is 0. The van der Waals surface area contributed by atoms with Crippen LogP contribution in [0.3, 0.4) is 0 Å². The second-order valence-corrected chi connectivity index (χ2v) is 8.85. The second kappa shape index (κ2) is 9.57. The van der Waals surface area contributed by atoms with E-state index in [9.17, 15) is 28.2 Å². The quantitative estimate of drug-likeness (QED) is 0.517. The number of carbonyl (C=O) groups is 1. The van der Waals surface area contributed by atoms with Gasteiger partial charge in [0.15, 0.2) is 5.17 Å². The van der Waals surface area contributed by atoms with Gasteiger partial charge in [0.05, 0.1) is 18.1 Å². The number of fused-ring (bicyclic) bond motifs is 1. The highest BCUT2D eigenvalue weighted by Crippen LogP contribution is 2.41. The number of aliphatic imine (C=N–C) groups is 1. The van der Waals surface area contributed by atoms with Crippen LogP contribution in [0.25, 0.3) is 0 Å². The monoisotopic (exact) mass is 482 g/mol. The average molecular weight is 482 g/mol. The van der Waals surface area contributed by atoms with E-state index in [4.69, 9.17) is 0 Å². The number of aliphatic hydroxyl groups is 2. The number of pyridine rings is 1. The third kappa shape index (κ3) is 5.75. The molecule has 1 aromatic heterocycles. The molecule has 5 atom stereocenters. The number of aromatic nitrogens is 1. The first-order chi connectivity index (χ1) is 15.7. The summed E-state index contributed by atoms with van der Waals surface area (Å²) in [5.41, 5.74) is 1.29. The van der Waals surface area contributed by atoms with Crippen LogP contribution < -0.4 is 15.4 Å².